The largest absolute Gasteiger partial charge is 0.252 e. The first-order valence-corrected chi connectivity index (χ1v) is 4.66. The van der Waals surface area contributed by atoms with E-state index in [9.17, 15) is 0 Å². The summed E-state index contributed by atoms with van der Waals surface area (Å²) in [4.78, 5) is 8.44. The number of nitrogens with zero attached hydrogens (tertiary/aromatic N) is 4. The summed E-state index contributed by atoms with van der Waals surface area (Å²) >= 11 is 0. The topological polar surface area (TPSA) is 43.1 Å². The van der Waals surface area contributed by atoms with E-state index in [1.165, 1.54) is 0 Å². The highest BCUT2D eigenvalue weighted by Crippen LogP contribution is 2.13. The van der Waals surface area contributed by atoms with Crippen LogP contribution in [0.25, 0.3) is 17.2 Å². The third-order valence-electron chi connectivity index (χ3n) is 2.15. The Morgan fingerprint density at radius 1 is 1.00 bits per heavy atom. The van der Waals surface area contributed by atoms with Gasteiger partial charge in [-0.05, 0) is 6.07 Å². The van der Waals surface area contributed by atoms with Gasteiger partial charge in [0.1, 0.15) is 0 Å². The molecular weight excluding hydrogens is 188 g/mol. The predicted molar refractivity (Wildman–Crippen MR) is 56.2 cm³/mol. The first-order chi connectivity index (χ1) is 7.43. The minimum atomic E-state index is 0.622. The van der Waals surface area contributed by atoms with Gasteiger partial charge in [-0.1, -0.05) is 30.3 Å². The average molecular weight is 196 g/mol. The van der Waals surface area contributed by atoms with E-state index in [-0.39, 0.29) is 0 Å². The van der Waals surface area contributed by atoms with Crippen LogP contribution in [0.5, 0.6) is 0 Å². The molecule has 15 heavy (non-hydrogen) atoms. The van der Waals surface area contributed by atoms with Crippen molar-refractivity contribution in [1.29, 1.82) is 0 Å². The van der Waals surface area contributed by atoms with Crippen LogP contribution >= 0.6 is 0 Å². The van der Waals surface area contributed by atoms with Gasteiger partial charge in [-0.3, -0.25) is 0 Å². The van der Waals surface area contributed by atoms with E-state index in [0.29, 0.717) is 11.6 Å². The maximum absolute atomic E-state index is 4.33. The summed E-state index contributed by atoms with van der Waals surface area (Å²) in [5, 5.41) is 4.33. The summed E-state index contributed by atoms with van der Waals surface area (Å²) in [6.07, 6.45) is 3.54. The summed E-state index contributed by atoms with van der Waals surface area (Å²) in [5.74, 6) is 1.32. The summed E-state index contributed by atoms with van der Waals surface area (Å²) in [5.41, 5.74) is 1.00. The summed E-state index contributed by atoms with van der Waals surface area (Å²) in [6.45, 7) is 0. The smallest absolute Gasteiger partial charge is 0.220 e. The third-order valence-corrected chi connectivity index (χ3v) is 2.15. The van der Waals surface area contributed by atoms with Crippen molar-refractivity contribution in [3.63, 3.8) is 0 Å². The molecule has 2 heterocycles. The Bertz CT molecular complexity index is 553. The highest BCUT2D eigenvalue weighted by molar-refractivity contribution is 5.56. The maximum atomic E-state index is 4.33. The number of rotatable bonds is 1. The van der Waals surface area contributed by atoms with E-state index < -0.39 is 0 Å². The Kier molecular flexibility index (Phi) is 1.71. The number of hydrogen-bond donors (Lipinski definition) is 0. The van der Waals surface area contributed by atoms with Gasteiger partial charge in [0.2, 0.25) is 0 Å². The SMILES string of the molecule is c1ccc(-c2nc3ncccn3n2)cc1. The molecule has 4 nitrogen and oxygen atoms in total. The molecule has 3 aromatic rings. The molecule has 0 atom stereocenters. The lowest BCUT2D eigenvalue weighted by molar-refractivity contribution is 0.942. The molecule has 0 saturated carbocycles. The lowest BCUT2D eigenvalue weighted by Gasteiger charge is -1.90. The van der Waals surface area contributed by atoms with Gasteiger partial charge >= 0.3 is 0 Å². The second-order valence-corrected chi connectivity index (χ2v) is 3.17. The molecule has 0 radical (unpaired) electrons. The van der Waals surface area contributed by atoms with Crippen molar-refractivity contribution in [3.8, 4) is 11.4 Å². The Hall–Kier alpha value is -2.23. The van der Waals surface area contributed by atoms with Gasteiger partial charge in [0.05, 0.1) is 0 Å². The minimum Gasteiger partial charge on any atom is -0.220 e. The van der Waals surface area contributed by atoms with Gasteiger partial charge in [0.15, 0.2) is 5.82 Å². The van der Waals surface area contributed by atoms with Crippen LogP contribution in [-0.2, 0) is 0 Å². The lowest BCUT2D eigenvalue weighted by atomic mass is 10.2. The standard InChI is InChI=1S/C11H8N4/c1-2-5-9(6-3-1)10-13-11-12-7-4-8-15(11)14-10/h1-8H. The van der Waals surface area contributed by atoms with Crippen LogP contribution in [0, 0.1) is 0 Å². The van der Waals surface area contributed by atoms with Gasteiger partial charge in [-0.2, -0.15) is 4.98 Å². The van der Waals surface area contributed by atoms with E-state index >= 15 is 0 Å². The summed E-state index contributed by atoms with van der Waals surface area (Å²) in [7, 11) is 0. The van der Waals surface area contributed by atoms with Crippen LogP contribution in [0.15, 0.2) is 48.8 Å². The molecule has 1 aromatic carbocycles. The zero-order valence-corrected chi connectivity index (χ0v) is 7.91. The molecule has 3 rings (SSSR count). The highest BCUT2D eigenvalue weighted by Gasteiger charge is 2.04. The number of hydrogen-bond acceptors (Lipinski definition) is 3. The highest BCUT2D eigenvalue weighted by atomic mass is 15.3. The van der Waals surface area contributed by atoms with E-state index in [1.54, 1.807) is 10.7 Å². The normalized spacial score (nSPS) is 10.7. The van der Waals surface area contributed by atoms with Crippen molar-refractivity contribution < 1.29 is 0 Å². The fourth-order valence-electron chi connectivity index (χ4n) is 1.44. The molecule has 0 aliphatic heterocycles. The van der Waals surface area contributed by atoms with Gasteiger partial charge in [-0.25, -0.2) is 9.50 Å². The van der Waals surface area contributed by atoms with E-state index in [2.05, 4.69) is 15.1 Å². The average Bonchev–Trinajstić information content (AvgIpc) is 2.74. The van der Waals surface area contributed by atoms with Crippen LogP contribution in [0.1, 0.15) is 0 Å². The van der Waals surface area contributed by atoms with Gasteiger partial charge < -0.3 is 0 Å². The monoisotopic (exact) mass is 196 g/mol. The molecule has 0 aliphatic rings. The van der Waals surface area contributed by atoms with Crippen molar-refractivity contribution in [1.82, 2.24) is 19.6 Å². The van der Waals surface area contributed by atoms with Gasteiger partial charge in [0, 0.05) is 18.0 Å². The molecule has 0 N–H and O–H groups in total. The van der Waals surface area contributed by atoms with Crippen LogP contribution in [0.3, 0.4) is 0 Å². The van der Waals surface area contributed by atoms with Gasteiger partial charge in [0.25, 0.3) is 5.78 Å². The summed E-state index contributed by atoms with van der Waals surface area (Å²) < 4.78 is 1.67. The van der Waals surface area contributed by atoms with E-state index in [0.717, 1.165) is 5.56 Å². The van der Waals surface area contributed by atoms with Crippen molar-refractivity contribution in [2.24, 2.45) is 0 Å². The molecule has 0 spiro atoms. The van der Waals surface area contributed by atoms with Crippen molar-refractivity contribution in [2.45, 2.75) is 0 Å². The van der Waals surface area contributed by atoms with Gasteiger partial charge in [-0.15, -0.1) is 5.10 Å². The van der Waals surface area contributed by atoms with Crippen LogP contribution in [0.2, 0.25) is 0 Å². The number of benzene rings is 1. The fraction of sp³-hybridized carbons (Fsp3) is 0. The molecule has 0 saturated heterocycles. The minimum absolute atomic E-state index is 0.622. The van der Waals surface area contributed by atoms with Crippen LogP contribution in [-0.4, -0.2) is 19.6 Å². The van der Waals surface area contributed by atoms with Crippen LogP contribution in [0.4, 0.5) is 0 Å². The summed E-state index contributed by atoms with van der Waals surface area (Å²) in [6, 6.07) is 11.7. The Morgan fingerprint density at radius 3 is 2.67 bits per heavy atom. The molecule has 72 valence electrons. The first-order valence-electron chi connectivity index (χ1n) is 4.66. The Morgan fingerprint density at radius 2 is 1.87 bits per heavy atom. The molecule has 0 amide bonds. The molecule has 0 fully saturated rings. The Balaban J connectivity index is 2.21. The molecule has 2 aromatic heterocycles. The van der Waals surface area contributed by atoms with E-state index in [1.807, 2.05) is 42.6 Å². The maximum Gasteiger partial charge on any atom is 0.252 e. The van der Waals surface area contributed by atoms with Crippen molar-refractivity contribution in [3.05, 3.63) is 48.8 Å². The molecule has 0 aliphatic carbocycles. The zero-order chi connectivity index (χ0) is 10.1. The molecule has 0 unspecified atom stereocenters. The van der Waals surface area contributed by atoms with Crippen molar-refractivity contribution >= 4 is 5.78 Å². The number of fused-ring (bicyclic) bond motifs is 1. The van der Waals surface area contributed by atoms with E-state index in [4.69, 9.17) is 0 Å². The quantitative estimate of drug-likeness (QED) is 0.596. The molecule has 4 heteroatoms. The first kappa shape index (κ1) is 8.11. The van der Waals surface area contributed by atoms with Crippen molar-refractivity contribution in [2.75, 3.05) is 0 Å². The third kappa shape index (κ3) is 1.36. The Labute approximate surface area is 86.2 Å². The molecular formula is C11H8N4. The fourth-order valence-corrected chi connectivity index (χ4v) is 1.44. The van der Waals surface area contributed by atoms with Crippen LogP contribution < -0.4 is 0 Å². The lowest BCUT2D eigenvalue weighted by Crippen LogP contribution is -1.87. The second kappa shape index (κ2) is 3.16. The predicted octanol–water partition coefficient (Wildman–Crippen LogP) is 1.79. The second-order valence-electron chi connectivity index (χ2n) is 3.17. The molecule has 0 bridgehead atoms. The number of aromatic nitrogens is 4. The zero-order valence-electron chi connectivity index (χ0n) is 7.91.